The monoisotopic (exact) mass is 248 g/mol. The fourth-order valence-electron chi connectivity index (χ4n) is 1.56. The first-order chi connectivity index (χ1) is 8.58. The largest absolute Gasteiger partial charge is 0.477 e. The number of nitrogens with zero attached hydrogens (tertiary/aromatic N) is 2. The lowest BCUT2D eigenvalue weighted by atomic mass is 10.2. The van der Waals surface area contributed by atoms with Crippen molar-refractivity contribution < 1.29 is 14.3 Å². The van der Waals surface area contributed by atoms with E-state index in [0.717, 1.165) is 6.20 Å². The van der Waals surface area contributed by atoms with E-state index in [1.165, 1.54) is 35.2 Å². The molecule has 0 saturated heterocycles. The van der Waals surface area contributed by atoms with Crippen LogP contribution in [-0.2, 0) is 6.54 Å². The standard InChI is InChI=1S/C12H9FN2O3/c13-9-4-8(5-14-6-9)7-15-3-1-2-10(11(15)16)12(17)18/h1-6H,7H2,(H,17,18). The maximum atomic E-state index is 12.9. The molecule has 0 aromatic carbocycles. The van der Waals surface area contributed by atoms with Crippen molar-refractivity contribution in [3.8, 4) is 0 Å². The minimum atomic E-state index is -1.29. The Hall–Kier alpha value is -2.50. The van der Waals surface area contributed by atoms with Crippen molar-refractivity contribution in [2.24, 2.45) is 0 Å². The lowest BCUT2D eigenvalue weighted by molar-refractivity contribution is 0.0694. The van der Waals surface area contributed by atoms with E-state index in [2.05, 4.69) is 4.98 Å². The van der Waals surface area contributed by atoms with Crippen molar-refractivity contribution in [2.45, 2.75) is 6.54 Å². The molecule has 0 unspecified atom stereocenters. The predicted octanol–water partition coefficient (Wildman–Crippen LogP) is 1.13. The summed E-state index contributed by atoms with van der Waals surface area (Å²) >= 11 is 0. The number of rotatable bonds is 3. The lowest BCUT2D eigenvalue weighted by Crippen LogP contribution is -2.26. The summed E-state index contributed by atoms with van der Waals surface area (Å²) in [7, 11) is 0. The highest BCUT2D eigenvalue weighted by Gasteiger charge is 2.10. The normalized spacial score (nSPS) is 10.3. The van der Waals surface area contributed by atoms with Gasteiger partial charge in [-0.3, -0.25) is 9.78 Å². The Morgan fingerprint density at radius 1 is 1.44 bits per heavy atom. The average Bonchev–Trinajstić information content (AvgIpc) is 2.31. The molecule has 0 aliphatic rings. The molecule has 2 heterocycles. The summed E-state index contributed by atoms with van der Waals surface area (Å²) in [5.41, 5.74) is -0.462. The fourth-order valence-corrected chi connectivity index (χ4v) is 1.56. The molecular formula is C12H9FN2O3. The number of halogens is 1. The molecule has 0 saturated carbocycles. The summed E-state index contributed by atoms with van der Waals surface area (Å²) in [6.07, 6.45) is 3.92. The first-order valence-corrected chi connectivity index (χ1v) is 5.10. The minimum Gasteiger partial charge on any atom is -0.477 e. The van der Waals surface area contributed by atoms with Gasteiger partial charge in [0, 0.05) is 12.4 Å². The van der Waals surface area contributed by atoms with Gasteiger partial charge in [0.1, 0.15) is 11.4 Å². The SMILES string of the molecule is O=C(O)c1cccn(Cc2cncc(F)c2)c1=O. The number of carboxylic acid groups (broad SMARTS) is 1. The van der Waals surface area contributed by atoms with Crippen LogP contribution in [0.25, 0.3) is 0 Å². The Kier molecular flexibility index (Phi) is 3.18. The second-order valence-electron chi connectivity index (χ2n) is 3.67. The molecule has 0 aliphatic heterocycles. The molecule has 0 bridgehead atoms. The van der Waals surface area contributed by atoms with Gasteiger partial charge in [0.15, 0.2) is 0 Å². The second-order valence-corrected chi connectivity index (χ2v) is 3.67. The third kappa shape index (κ3) is 2.42. The van der Waals surface area contributed by atoms with Crippen LogP contribution in [0.3, 0.4) is 0 Å². The Bertz CT molecular complexity index is 652. The number of pyridine rings is 2. The predicted molar refractivity (Wildman–Crippen MR) is 61.0 cm³/mol. The van der Waals surface area contributed by atoms with Crippen molar-refractivity contribution in [1.29, 1.82) is 0 Å². The molecule has 18 heavy (non-hydrogen) atoms. The van der Waals surface area contributed by atoms with Gasteiger partial charge in [-0.2, -0.15) is 0 Å². The molecule has 2 rings (SSSR count). The van der Waals surface area contributed by atoms with E-state index < -0.39 is 17.3 Å². The molecule has 0 aliphatic carbocycles. The number of aromatic nitrogens is 2. The number of carbonyl (C=O) groups is 1. The first-order valence-electron chi connectivity index (χ1n) is 5.10. The summed E-state index contributed by atoms with van der Waals surface area (Å²) in [4.78, 5) is 26.2. The van der Waals surface area contributed by atoms with Crippen LogP contribution < -0.4 is 5.56 Å². The van der Waals surface area contributed by atoms with Gasteiger partial charge >= 0.3 is 5.97 Å². The van der Waals surface area contributed by atoms with E-state index in [-0.39, 0.29) is 12.1 Å². The van der Waals surface area contributed by atoms with Crippen LogP contribution in [0.1, 0.15) is 15.9 Å². The van der Waals surface area contributed by atoms with Gasteiger partial charge in [0.2, 0.25) is 0 Å². The summed E-state index contributed by atoms with van der Waals surface area (Å²) in [5, 5.41) is 8.81. The fraction of sp³-hybridized carbons (Fsp3) is 0.0833. The third-order valence-corrected chi connectivity index (χ3v) is 2.37. The number of hydrogen-bond donors (Lipinski definition) is 1. The zero-order valence-corrected chi connectivity index (χ0v) is 9.21. The van der Waals surface area contributed by atoms with Crippen LogP contribution in [0, 0.1) is 5.82 Å². The van der Waals surface area contributed by atoms with Gasteiger partial charge in [-0.15, -0.1) is 0 Å². The van der Waals surface area contributed by atoms with Crippen LogP contribution in [0.4, 0.5) is 4.39 Å². The van der Waals surface area contributed by atoms with Crippen molar-refractivity contribution in [3.05, 3.63) is 64.1 Å². The first kappa shape index (κ1) is 12.0. The summed E-state index contributed by atoms with van der Waals surface area (Å²) in [5.74, 6) is -1.79. The maximum absolute atomic E-state index is 12.9. The molecule has 5 nitrogen and oxygen atoms in total. The minimum absolute atomic E-state index is 0.0741. The maximum Gasteiger partial charge on any atom is 0.341 e. The van der Waals surface area contributed by atoms with Crippen molar-refractivity contribution in [1.82, 2.24) is 9.55 Å². The van der Waals surface area contributed by atoms with E-state index in [9.17, 15) is 14.0 Å². The molecular weight excluding hydrogens is 239 g/mol. The van der Waals surface area contributed by atoms with Gasteiger partial charge in [-0.25, -0.2) is 9.18 Å². The van der Waals surface area contributed by atoms with Crippen LogP contribution in [0.5, 0.6) is 0 Å². The van der Waals surface area contributed by atoms with Crippen molar-refractivity contribution in [3.63, 3.8) is 0 Å². The van der Waals surface area contributed by atoms with E-state index in [1.54, 1.807) is 0 Å². The molecule has 92 valence electrons. The number of hydrogen-bond acceptors (Lipinski definition) is 3. The van der Waals surface area contributed by atoms with Gasteiger partial charge in [-0.1, -0.05) is 0 Å². The number of carboxylic acids is 1. The van der Waals surface area contributed by atoms with Crippen LogP contribution in [-0.4, -0.2) is 20.6 Å². The zero-order valence-electron chi connectivity index (χ0n) is 9.21. The topological polar surface area (TPSA) is 72.2 Å². The van der Waals surface area contributed by atoms with Gasteiger partial charge in [0.25, 0.3) is 5.56 Å². The highest BCUT2D eigenvalue weighted by molar-refractivity contribution is 5.86. The molecule has 2 aromatic rings. The summed E-state index contributed by atoms with van der Waals surface area (Å²) < 4.78 is 14.1. The zero-order chi connectivity index (χ0) is 13.1. The summed E-state index contributed by atoms with van der Waals surface area (Å²) in [6, 6.07) is 3.93. The third-order valence-electron chi connectivity index (χ3n) is 2.37. The highest BCUT2D eigenvalue weighted by atomic mass is 19.1. The van der Waals surface area contributed by atoms with E-state index in [0.29, 0.717) is 5.56 Å². The molecule has 1 N–H and O–H groups in total. The van der Waals surface area contributed by atoms with E-state index >= 15 is 0 Å². The summed E-state index contributed by atoms with van der Waals surface area (Å²) in [6.45, 7) is 0.0741. The van der Waals surface area contributed by atoms with E-state index in [4.69, 9.17) is 5.11 Å². The Morgan fingerprint density at radius 2 is 2.22 bits per heavy atom. The molecule has 0 spiro atoms. The Labute approximate surface area is 101 Å². The van der Waals surface area contributed by atoms with E-state index in [1.807, 2.05) is 0 Å². The smallest absolute Gasteiger partial charge is 0.341 e. The lowest BCUT2D eigenvalue weighted by Gasteiger charge is -2.06. The van der Waals surface area contributed by atoms with Crippen LogP contribution in [0.2, 0.25) is 0 Å². The van der Waals surface area contributed by atoms with Crippen molar-refractivity contribution in [2.75, 3.05) is 0 Å². The molecule has 0 amide bonds. The van der Waals surface area contributed by atoms with Gasteiger partial charge in [0.05, 0.1) is 12.7 Å². The van der Waals surface area contributed by atoms with Gasteiger partial charge in [-0.05, 0) is 23.8 Å². The quantitative estimate of drug-likeness (QED) is 0.883. The van der Waals surface area contributed by atoms with Crippen LogP contribution >= 0.6 is 0 Å². The van der Waals surface area contributed by atoms with Gasteiger partial charge < -0.3 is 9.67 Å². The van der Waals surface area contributed by atoms with Crippen molar-refractivity contribution >= 4 is 5.97 Å². The molecule has 0 fully saturated rings. The molecule has 2 aromatic heterocycles. The highest BCUT2D eigenvalue weighted by Crippen LogP contribution is 2.03. The molecule has 0 atom stereocenters. The average molecular weight is 248 g/mol. The number of aromatic carboxylic acids is 1. The second kappa shape index (κ2) is 4.79. The molecule has 0 radical (unpaired) electrons. The van der Waals surface area contributed by atoms with Crippen LogP contribution in [0.15, 0.2) is 41.6 Å². The Balaban J connectivity index is 2.38. The molecule has 6 heteroatoms. The Morgan fingerprint density at radius 3 is 2.89 bits per heavy atom.